The molecule has 1 saturated heterocycles. The van der Waals surface area contributed by atoms with Crippen molar-refractivity contribution in [2.45, 2.75) is 51.0 Å². The second-order valence-electron chi connectivity index (χ2n) is 10.2. The van der Waals surface area contributed by atoms with Crippen molar-refractivity contribution in [3.63, 3.8) is 0 Å². The molecule has 1 saturated carbocycles. The minimum Gasteiger partial charge on any atom is -0.490 e. The van der Waals surface area contributed by atoms with Crippen LogP contribution in [-0.4, -0.2) is 28.7 Å². The van der Waals surface area contributed by atoms with Crippen LogP contribution in [0.4, 0.5) is 5.69 Å². The smallest absolute Gasteiger partial charge is 0.270 e. The summed E-state index contributed by atoms with van der Waals surface area (Å²) in [4.78, 5) is 20.1. The molecule has 6 rings (SSSR count). The molecule has 0 N–H and O–H groups in total. The maximum absolute atomic E-state index is 13.1. The maximum Gasteiger partial charge on any atom is 0.270 e. The van der Waals surface area contributed by atoms with Gasteiger partial charge in [-0.15, -0.1) is 0 Å². The van der Waals surface area contributed by atoms with Gasteiger partial charge < -0.3 is 18.6 Å². The van der Waals surface area contributed by atoms with Gasteiger partial charge in [0.25, 0.3) is 5.56 Å². The summed E-state index contributed by atoms with van der Waals surface area (Å²) in [5, 5.41) is 10.9. The predicted octanol–water partition coefficient (Wildman–Crippen LogP) is 4.96. The Balaban J connectivity index is 1.37. The first-order valence-corrected chi connectivity index (χ1v) is 12.2. The molecule has 3 heterocycles. The third-order valence-corrected chi connectivity index (χ3v) is 7.52. The van der Waals surface area contributed by atoms with E-state index in [9.17, 15) is 10.1 Å². The minimum atomic E-state index is -0.270. The van der Waals surface area contributed by atoms with E-state index in [1.165, 1.54) is 0 Å². The van der Waals surface area contributed by atoms with Gasteiger partial charge in [0, 0.05) is 30.9 Å². The summed E-state index contributed by atoms with van der Waals surface area (Å²) >= 11 is 0. The molecule has 1 aliphatic carbocycles. The van der Waals surface area contributed by atoms with E-state index in [1.54, 1.807) is 11.6 Å². The van der Waals surface area contributed by atoms with Gasteiger partial charge in [-0.25, -0.2) is 4.98 Å². The van der Waals surface area contributed by atoms with Crippen molar-refractivity contribution in [1.82, 2.24) is 9.55 Å². The van der Waals surface area contributed by atoms with E-state index in [-0.39, 0.29) is 22.6 Å². The van der Waals surface area contributed by atoms with Crippen molar-refractivity contribution in [3.05, 3.63) is 63.8 Å². The van der Waals surface area contributed by atoms with Crippen LogP contribution in [0.1, 0.15) is 49.6 Å². The second kappa shape index (κ2) is 7.88. The summed E-state index contributed by atoms with van der Waals surface area (Å²) in [5.74, 6) is 1.54. The largest absolute Gasteiger partial charge is 0.490 e. The van der Waals surface area contributed by atoms with Crippen LogP contribution in [0.2, 0.25) is 0 Å². The molecule has 0 bridgehead atoms. The first-order valence-electron chi connectivity index (χ1n) is 12.2. The lowest BCUT2D eigenvalue weighted by Crippen LogP contribution is -2.42. The quantitative estimate of drug-likeness (QED) is 0.421. The molecule has 2 fully saturated rings. The number of aryl methyl sites for hydroxylation is 2. The third kappa shape index (κ3) is 3.65. The van der Waals surface area contributed by atoms with Gasteiger partial charge >= 0.3 is 0 Å². The van der Waals surface area contributed by atoms with Gasteiger partial charge in [0.05, 0.1) is 17.3 Å². The first-order chi connectivity index (χ1) is 16.9. The second-order valence-corrected chi connectivity index (χ2v) is 10.2. The summed E-state index contributed by atoms with van der Waals surface area (Å²) in [6, 6.07) is 14.1. The van der Waals surface area contributed by atoms with Crippen LogP contribution < -0.4 is 15.2 Å². The Labute approximate surface area is 203 Å². The number of piperidine rings is 1. The highest BCUT2D eigenvalue weighted by Gasteiger charge is 2.37. The number of pyridine rings is 1. The Hall–Kier alpha value is -3.79. The number of aromatic nitrogens is 2. The van der Waals surface area contributed by atoms with Crippen molar-refractivity contribution in [2.24, 2.45) is 7.05 Å². The average Bonchev–Trinajstić information content (AvgIpc) is 3.56. The zero-order valence-corrected chi connectivity index (χ0v) is 20.3. The fourth-order valence-electron chi connectivity index (χ4n) is 5.12. The standard InChI is InChI=1S/C28H28N4O3/c1-17-4-9-24-22(14-17)30-27(35-24)28(2)10-12-32(13-11-28)25-20-15-19(34-18-5-6-18)7-8-23(20)31(3)26(33)21(25)16-29/h4,7-9,14-15,18H,5-6,10-13H2,1-3H3. The Morgan fingerprint density at radius 1 is 1.17 bits per heavy atom. The van der Waals surface area contributed by atoms with E-state index in [2.05, 4.69) is 24.8 Å². The number of anilines is 1. The van der Waals surface area contributed by atoms with E-state index in [4.69, 9.17) is 14.1 Å². The van der Waals surface area contributed by atoms with E-state index in [1.807, 2.05) is 36.4 Å². The van der Waals surface area contributed by atoms with Crippen molar-refractivity contribution in [2.75, 3.05) is 18.0 Å². The molecule has 1 aliphatic heterocycles. The van der Waals surface area contributed by atoms with E-state index < -0.39 is 0 Å². The normalized spacial score (nSPS) is 17.6. The fourth-order valence-corrected chi connectivity index (χ4v) is 5.12. The molecule has 2 aliphatic rings. The Morgan fingerprint density at radius 2 is 1.94 bits per heavy atom. The molecule has 7 heteroatoms. The van der Waals surface area contributed by atoms with E-state index >= 15 is 0 Å². The molecule has 0 unspecified atom stereocenters. The molecule has 2 aromatic carbocycles. The number of hydrogen-bond donors (Lipinski definition) is 0. The van der Waals surface area contributed by atoms with E-state index in [0.717, 1.165) is 64.9 Å². The zero-order chi connectivity index (χ0) is 24.3. The summed E-state index contributed by atoms with van der Waals surface area (Å²) in [5.41, 5.74) is 4.06. The van der Waals surface area contributed by atoms with Crippen molar-refractivity contribution < 1.29 is 9.15 Å². The fraction of sp³-hybridized carbons (Fsp3) is 0.393. The van der Waals surface area contributed by atoms with Crippen LogP contribution in [-0.2, 0) is 12.5 Å². The molecule has 178 valence electrons. The summed E-state index contributed by atoms with van der Waals surface area (Å²) < 4.78 is 13.8. The lowest BCUT2D eigenvalue weighted by Gasteiger charge is -2.39. The number of benzene rings is 2. The number of nitriles is 1. The van der Waals surface area contributed by atoms with Crippen LogP contribution in [0.3, 0.4) is 0 Å². The Bertz CT molecular complexity index is 1560. The monoisotopic (exact) mass is 468 g/mol. The number of fused-ring (bicyclic) bond motifs is 2. The summed E-state index contributed by atoms with van der Waals surface area (Å²) in [6.07, 6.45) is 4.02. The number of oxazole rings is 1. The molecule has 0 spiro atoms. The SMILES string of the molecule is Cc1ccc2oc(C3(C)CCN(c4c(C#N)c(=O)n(C)c5ccc(OC6CC6)cc45)CC3)nc2c1. The van der Waals surface area contributed by atoms with Gasteiger partial charge in [-0.2, -0.15) is 5.26 Å². The van der Waals surface area contributed by atoms with Gasteiger partial charge in [-0.3, -0.25) is 4.79 Å². The van der Waals surface area contributed by atoms with Crippen molar-refractivity contribution in [3.8, 4) is 11.8 Å². The van der Waals surface area contributed by atoms with Crippen LogP contribution in [0, 0.1) is 18.3 Å². The molecular formula is C28H28N4O3. The van der Waals surface area contributed by atoms with Crippen LogP contribution >= 0.6 is 0 Å². The lowest BCUT2D eigenvalue weighted by molar-refractivity contribution is 0.292. The molecule has 35 heavy (non-hydrogen) atoms. The number of ether oxygens (including phenoxy) is 1. The van der Waals surface area contributed by atoms with E-state index in [0.29, 0.717) is 18.8 Å². The van der Waals surface area contributed by atoms with Crippen LogP contribution in [0.25, 0.3) is 22.0 Å². The lowest BCUT2D eigenvalue weighted by atomic mass is 9.80. The third-order valence-electron chi connectivity index (χ3n) is 7.52. The minimum absolute atomic E-state index is 0.185. The predicted molar refractivity (Wildman–Crippen MR) is 135 cm³/mol. The molecule has 0 amide bonds. The Morgan fingerprint density at radius 3 is 2.66 bits per heavy atom. The summed E-state index contributed by atoms with van der Waals surface area (Å²) in [7, 11) is 1.72. The average molecular weight is 469 g/mol. The van der Waals surface area contributed by atoms with Gasteiger partial charge in [0.1, 0.15) is 22.9 Å². The van der Waals surface area contributed by atoms with Crippen LogP contribution in [0.15, 0.2) is 45.6 Å². The van der Waals surface area contributed by atoms with Crippen LogP contribution in [0.5, 0.6) is 5.75 Å². The van der Waals surface area contributed by atoms with Crippen molar-refractivity contribution >= 4 is 27.7 Å². The summed E-state index contributed by atoms with van der Waals surface area (Å²) in [6.45, 7) is 5.63. The molecule has 2 aromatic heterocycles. The molecular weight excluding hydrogens is 440 g/mol. The molecule has 0 radical (unpaired) electrons. The highest BCUT2D eigenvalue weighted by Crippen LogP contribution is 2.40. The molecule has 0 atom stereocenters. The maximum atomic E-state index is 13.1. The molecule has 7 nitrogen and oxygen atoms in total. The van der Waals surface area contributed by atoms with Gasteiger partial charge in [-0.05, 0) is 68.5 Å². The number of nitrogens with zero attached hydrogens (tertiary/aromatic N) is 4. The van der Waals surface area contributed by atoms with Gasteiger partial charge in [0.2, 0.25) is 5.89 Å². The topological polar surface area (TPSA) is 84.3 Å². The first kappa shape index (κ1) is 21.7. The molecule has 4 aromatic rings. The van der Waals surface area contributed by atoms with Gasteiger partial charge in [0.15, 0.2) is 5.58 Å². The number of rotatable bonds is 4. The van der Waals surface area contributed by atoms with Gasteiger partial charge in [-0.1, -0.05) is 13.0 Å². The highest BCUT2D eigenvalue weighted by atomic mass is 16.5. The number of hydrogen-bond acceptors (Lipinski definition) is 6. The zero-order valence-electron chi connectivity index (χ0n) is 20.3. The highest BCUT2D eigenvalue weighted by molar-refractivity contribution is 5.96. The Kier molecular flexibility index (Phi) is 4.89. The van der Waals surface area contributed by atoms with Crippen molar-refractivity contribution in [1.29, 1.82) is 5.26 Å².